The minimum Gasteiger partial charge on any atom is -0.468 e. The molecule has 2 atom stereocenters. The molecule has 0 spiro atoms. The number of piperidine rings is 1. The summed E-state index contributed by atoms with van der Waals surface area (Å²) in [5, 5.41) is 3.84. The van der Waals surface area contributed by atoms with Crippen molar-refractivity contribution in [1.82, 2.24) is 10.2 Å². The molecule has 0 aromatic rings. The summed E-state index contributed by atoms with van der Waals surface area (Å²) in [4.78, 5) is 13.5. The van der Waals surface area contributed by atoms with E-state index in [9.17, 15) is 4.79 Å². The number of esters is 1. The van der Waals surface area contributed by atoms with Gasteiger partial charge in [0.2, 0.25) is 0 Å². The molecule has 0 amide bonds. The van der Waals surface area contributed by atoms with Gasteiger partial charge in [0.25, 0.3) is 0 Å². The van der Waals surface area contributed by atoms with Gasteiger partial charge in [-0.15, -0.1) is 0 Å². The van der Waals surface area contributed by atoms with E-state index < -0.39 is 0 Å². The highest BCUT2D eigenvalue weighted by Crippen LogP contribution is 2.38. The van der Waals surface area contributed by atoms with Crippen LogP contribution in [0, 0.1) is 5.92 Å². The van der Waals surface area contributed by atoms with E-state index in [2.05, 4.69) is 10.2 Å². The fourth-order valence-corrected chi connectivity index (χ4v) is 3.61. The van der Waals surface area contributed by atoms with Crippen LogP contribution in [0.15, 0.2) is 0 Å². The molecule has 0 radical (unpaired) electrons. The average Bonchev–Trinajstić information content (AvgIpc) is 3.34. The Hall–Kier alpha value is -0.650. The number of carbonyl (C=O) groups excluding carboxylic acids is 1. The van der Waals surface area contributed by atoms with Crippen molar-refractivity contribution in [3.63, 3.8) is 0 Å². The predicted octanol–water partition coefficient (Wildman–Crippen LogP) is 1.17. The molecule has 1 aliphatic carbocycles. The SMILES string of the molecule is COC(=O)CN1CCC(NC2CCOC(C3CC3)C2)CC1. The van der Waals surface area contributed by atoms with Crippen molar-refractivity contribution in [3.8, 4) is 0 Å². The standard InChI is InChI=1S/C16H28N2O3/c1-20-16(19)11-18-7-4-13(5-8-18)17-14-6-9-21-15(10-14)12-2-3-12/h12-15,17H,2-11H2,1H3. The fraction of sp³-hybridized carbons (Fsp3) is 0.938. The molecule has 1 N–H and O–H groups in total. The minimum absolute atomic E-state index is 0.127. The van der Waals surface area contributed by atoms with Gasteiger partial charge in [-0.05, 0) is 44.4 Å². The van der Waals surface area contributed by atoms with Crippen molar-refractivity contribution in [2.45, 2.75) is 56.7 Å². The van der Waals surface area contributed by atoms with Crippen LogP contribution in [0.3, 0.4) is 0 Å². The Morgan fingerprint density at radius 3 is 2.62 bits per heavy atom. The first kappa shape index (κ1) is 15.3. The van der Waals surface area contributed by atoms with E-state index in [1.807, 2.05) is 0 Å². The quantitative estimate of drug-likeness (QED) is 0.772. The van der Waals surface area contributed by atoms with Crippen LogP contribution in [-0.2, 0) is 14.3 Å². The molecule has 0 aromatic heterocycles. The topological polar surface area (TPSA) is 50.8 Å². The van der Waals surface area contributed by atoms with E-state index in [-0.39, 0.29) is 5.97 Å². The summed E-state index contributed by atoms with van der Waals surface area (Å²) in [6.45, 7) is 3.33. The zero-order valence-corrected chi connectivity index (χ0v) is 13.1. The number of hydrogen-bond donors (Lipinski definition) is 1. The van der Waals surface area contributed by atoms with Gasteiger partial charge in [0, 0.05) is 31.8 Å². The molecular weight excluding hydrogens is 268 g/mol. The summed E-state index contributed by atoms with van der Waals surface area (Å²) >= 11 is 0. The maximum absolute atomic E-state index is 11.3. The van der Waals surface area contributed by atoms with Crippen molar-refractivity contribution in [3.05, 3.63) is 0 Å². The van der Waals surface area contributed by atoms with Crippen LogP contribution >= 0.6 is 0 Å². The molecule has 2 saturated heterocycles. The Kier molecular flexibility index (Phi) is 5.14. The predicted molar refractivity (Wildman–Crippen MR) is 80.1 cm³/mol. The van der Waals surface area contributed by atoms with Gasteiger partial charge in [0.15, 0.2) is 0 Å². The minimum atomic E-state index is -0.127. The first-order valence-corrected chi connectivity index (χ1v) is 8.41. The summed E-state index contributed by atoms with van der Waals surface area (Å²) in [5.41, 5.74) is 0. The molecule has 0 bridgehead atoms. The summed E-state index contributed by atoms with van der Waals surface area (Å²) in [5.74, 6) is 0.717. The van der Waals surface area contributed by atoms with E-state index in [0.29, 0.717) is 24.7 Å². The van der Waals surface area contributed by atoms with Gasteiger partial charge in [-0.25, -0.2) is 0 Å². The van der Waals surface area contributed by atoms with Gasteiger partial charge in [-0.2, -0.15) is 0 Å². The number of carbonyl (C=O) groups is 1. The lowest BCUT2D eigenvalue weighted by molar-refractivity contribution is -0.142. The number of nitrogens with one attached hydrogen (secondary N) is 1. The largest absolute Gasteiger partial charge is 0.468 e. The first-order chi connectivity index (χ1) is 10.2. The molecule has 120 valence electrons. The van der Waals surface area contributed by atoms with Crippen LogP contribution in [0.25, 0.3) is 0 Å². The van der Waals surface area contributed by atoms with Crippen LogP contribution in [0.5, 0.6) is 0 Å². The highest BCUT2D eigenvalue weighted by atomic mass is 16.5. The zero-order valence-electron chi connectivity index (χ0n) is 13.1. The summed E-state index contributed by atoms with van der Waals surface area (Å²) in [6.07, 6.45) is 7.83. The molecule has 5 nitrogen and oxygen atoms in total. The van der Waals surface area contributed by atoms with Crippen LogP contribution < -0.4 is 5.32 Å². The van der Waals surface area contributed by atoms with E-state index in [4.69, 9.17) is 9.47 Å². The van der Waals surface area contributed by atoms with Gasteiger partial charge in [0.05, 0.1) is 19.8 Å². The summed E-state index contributed by atoms with van der Waals surface area (Å²) < 4.78 is 10.6. The second-order valence-corrected chi connectivity index (χ2v) is 6.76. The highest BCUT2D eigenvalue weighted by Gasteiger charge is 2.36. The lowest BCUT2D eigenvalue weighted by Gasteiger charge is -2.37. The monoisotopic (exact) mass is 296 g/mol. The fourth-order valence-electron chi connectivity index (χ4n) is 3.61. The normalized spacial score (nSPS) is 32.0. The van der Waals surface area contributed by atoms with Crippen molar-refractivity contribution in [1.29, 1.82) is 0 Å². The van der Waals surface area contributed by atoms with Crippen LogP contribution in [0.1, 0.15) is 38.5 Å². The Balaban J connectivity index is 1.37. The van der Waals surface area contributed by atoms with E-state index in [0.717, 1.165) is 44.9 Å². The Bertz CT molecular complexity index is 351. The Morgan fingerprint density at radius 2 is 1.95 bits per heavy atom. The smallest absolute Gasteiger partial charge is 0.319 e. The lowest BCUT2D eigenvalue weighted by atomic mass is 9.97. The van der Waals surface area contributed by atoms with Crippen LogP contribution in [-0.4, -0.2) is 62.4 Å². The molecule has 2 unspecified atom stereocenters. The number of ether oxygens (including phenoxy) is 2. The number of likely N-dealkylation sites (tertiary alicyclic amines) is 1. The average molecular weight is 296 g/mol. The number of rotatable bonds is 5. The molecule has 3 rings (SSSR count). The van der Waals surface area contributed by atoms with Gasteiger partial charge in [-0.1, -0.05) is 0 Å². The number of hydrogen-bond acceptors (Lipinski definition) is 5. The zero-order chi connectivity index (χ0) is 14.7. The Morgan fingerprint density at radius 1 is 1.19 bits per heavy atom. The third-order valence-corrected chi connectivity index (χ3v) is 5.10. The first-order valence-electron chi connectivity index (χ1n) is 8.41. The molecule has 2 aliphatic heterocycles. The molecular formula is C16H28N2O3. The van der Waals surface area contributed by atoms with Crippen molar-refractivity contribution < 1.29 is 14.3 Å². The lowest BCUT2D eigenvalue weighted by Crippen LogP contribution is -2.49. The summed E-state index contributed by atoms with van der Waals surface area (Å²) in [6, 6.07) is 1.23. The van der Waals surface area contributed by atoms with Gasteiger partial charge < -0.3 is 14.8 Å². The molecule has 1 saturated carbocycles. The highest BCUT2D eigenvalue weighted by molar-refractivity contribution is 5.71. The van der Waals surface area contributed by atoms with Crippen molar-refractivity contribution >= 4 is 5.97 Å². The van der Waals surface area contributed by atoms with E-state index in [1.165, 1.54) is 26.4 Å². The maximum atomic E-state index is 11.3. The maximum Gasteiger partial charge on any atom is 0.319 e. The molecule has 21 heavy (non-hydrogen) atoms. The third kappa shape index (κ3) is 4.41. The molecule has 0 aromatic carbocycles. The van der Waals surface area contributed by atoms with Crippen molar-refractivity contribution in [2.75, 3.05) is 33.4 Å². The van der Waals surface area contributed by atoms with Crippen molar-refractivity contribution in [2.24, 2.45) is 5.92 Å². The van der Waals surface area contributed by atoms with Crippen LogP contribution in [0.4, 0.5) is 0 Å². The second kappa shape index (κ2) is 7.07. The number of methoxy groups -OCH3 is 1. The van der Waals surface area contributed by atoms with Gasteiger partial charge in [0.1, 0.15) is 0 Å². The Labute approximate surface area is 127 Å². The number of nitrogens with zero attached hydrogens (tertiary/aromatic N) is 1. The molecule has 3 aliphatic rings. The molecule has 2 heterocycles. The molecule has 3 fully saturated rings. The van der Waals surface area contributed by atoms with Gasteiger partial charge >= 0.3 is 5.97 Å². The van der Waals surface area contributed by atoms with E-state index in [1.54, 1.807) is 0 Å². The summed E-state index contributed by atoms with van der Waals surface area (Å²) in [7, 11) is 1.46. The molecule has 5 heteroatoms. The third-order valence-electron chi connectivity index (χ3n) is 5.10. The van der Waals surface area contributed by atoms with E-state index >= 15 is 0 Å². The second-order valence-electron chi connectivity index (χ2n) is 6.76. The van der Waals surface area contributed by atoms with Crippen LogP contribution in [0.2, 0.25) is 0 Å². The van der Waals surface area contributed by atoms with Gasteiger partial charge in [-0.3, -0.25) is 9.69 Å².